The number of anilines is 1. The van der Waals surface area contributed by atoms with Crippen LogP contribution in [0, 0.1) is 5.82 Å². The number of hydrogen-bond acceptors (Lipinski definition) is 2. The zero-order valence-corrected chi connectivity index (χ0v) is 9.30. The van der Waals surface area contributed by atoms with Gasteiger partial charge in [-0.3, -0.25) is 9.48 Å². The first-order valence-corrected chi connectivity index (χ1v) is 5.23. The Balaban J connectivity index is 2.10. The molecular weight excluding hydrogens is 221 g/mol. The van der Waals surface area contributed by atoms with Crippen LogP contribution in [0.3, 0.4) is 0 Å². The average Bonchev–Trinajstić information content (AvgIpc) is 2.84. The summed E-state index contributed by atoms with van der Waals surface area (Å²) < 4.78 is 14.8. The minimum atomic E-state index is -0.482. The molecule has 0 saturated carbocycles. The third-order valence-electron chi connectivity index (χ3n) is 2.43. The lowest BCUT2D eigenvalue weighted by molar-refractivity contribution is -0.119. The molecule has 0 aliphatic heterocycles. The van der Waals surface area contributed by atoms with Crippen LogP contribution in [0.4, 0.5) is 10.1 Å². The van der Waals surface area contributed by atoms with Crippen LogP contribution >= 0.6 is 0 Å². The number of nitrogens with zero attached hydrogens (tertiary/aromatic N) is 2. The largest absolute Gasteiger partial charge is 0.322 e. The molecule has 5 heteroatoms. The molecule has 0 aliphatic carbocycles. The van der Waals surface area contributed by atoms with Crippen LogP contribution in [0.25, 0.3) is 0 Å². The summed E-state index contributed by atoms with van der Waals surface area (Å²) in [5.74, 6) is -0.757. The fourth-order valence-electron chi connectivity index (χ4n) is 1.43. The normalized spacial score (nSPS) is 12.1. The van der Waals surface area contributed by atoms with E-state index in [9.17, 15) is 9.18 Å². The Bertz CT molecular complexity index is 510. The van der Waals surface area contributed by atoms with Gasteiger partial charge in [-0.1, -0.05) is 12.1 Å². The van der Waals surface area contributed by atoms with Crippen LogP contribution in [-0.2, 0) is 4.79 Å². The fourth-order valence-corrected chi connectivity index (χ4v) is 1.43. The molecule has 0 radical (unpaired) electrons. The third kappa shape index (κ3) is 2.50. The zero-order chi connectivity index (χ0) is 12.3. The van der Waals surface area contributed by atoms with E-state index in [0.29, 0.717) is 0 Å². The molecule has 88 valence electrons. The van der Waals surface area contributed by atoms with Crippen molar-refractivity contribution in [1.29, 1.82) is 0 Å². The monoisotopic (exact) mass is 233 g/mol. The van der Waals surface area contributed by atoms with Gasteiger partial charge in [-0.25, -0.2) is 4.39 Å². The second kappa shape index (κ2) is 4.78. The quantitative estimate of drug-likeness (QED) is 0.883. The van der Waals surface area contributed by atoms with Gasteiger partial charge in [-0.05, 0) is 25.1 Å². The van der Waals surface area contributed by atoms with Crippen molar-refractivity contribution in [1.82, 2.24) is 9.78 Å². The molecule has 1 aromatic heterocycles. The highest BCUT2D eigenvalue weighted by Crippen LogP contribution is 2.14. The molecule has 1 unspecified atom stereocenters. The molecule has 1 atom stereocenters. The average molecular weight is 233 g/mol. The van der Waals surface area contributed by atoms with E-state index in [1.807, 2.05) is 0 Å². The van der Waals surface area contributed by atoms with Gasteiger partial charge in [0.2, 0.25) is 5.91 Å². The molecule has 0 aliphatic rings. The summed E-state index contributed by atoms with van der Waals surface area (Å²) in [4.78, 5) is 11.8. The Kier molecular flexibility index (Phi) is 3.18. The highest BCUT2D eigenvalue weighted by atomic mass is 19.1. The molecule has 4 nitrogen and oxygen atoms in total. The molecular formula is C12H12FN3O. The van der Waals surface area contributed by atoms with Crippen LogP contribution in [0.1, 0.15) is 13.0 Å². The molecule has 1 heterocycles. The molecule has 0 bridgehead atoms. The molecule has 0 fully saturated rings. The van der Waals surface area contributed by atoms with Crippen LogP contribution in [-0.4, -0.2) is 15.7 Å². The number of hydrogen-bond donors (Lipinski definition) is 1. The third-order valence-corrected chi connectivity index (χ3v) is 2.43. The molecule has 1 aromatic carbocycles. The van der Waals surface area contributed by atoms with E-state index in [2.05, 4.69) is 10.4 Å². The maximum atomic E-state index is 13.3. The van der Waals surface area contributed by atoms with Gasteiger partial charge in [0.15, 0.2) is 0 Å². The molecule has 1 N–H and O–H groups in total. The smallest absolute Gasteiger partial charge is 0.249 e. The Morgan fingerprint density at radius 3 is 2.82 bits per heavy atom. The van der Waals surface area contributed by atoms with Gasteiger partial charge in [-0.2, -0.15) is 5.10 Å². The maximum Gasteiger partial charge on any atom is 0.249 e. The molecule has 1 amide bonds. The van der Waals surface area contributed by atoms with Crippen LogP contribution < -0.4 is 5.32 Å². The highest BCUT2D eigenvalue weighted by molar-refractivity contribution is 5.93. The Morgan fingerprint density at radius 2 is 2.18 bits per heavy atom. The van der Waals surface area contributed by atoms with E-state index < -0.39 is 11.9 Å². The predicted octanol–water partition coefficient (Wildman–Crippen LogP) is 2.22. The van der Waals surface area contributed by atoms with Gasteiger partial charge in [0.25, 0.3) is 0 Å². The number of carbonyl (C=O) groups excluding carboxylic acids is 1. The van der Waals surface area contributed by atoms with Crippen molar-refractivity contribution in [3.05, 3.63) is 48.5 Å². The van der Waals surface area contributed by atoms with Gasteiger partial charge in [-0.15, -0.1) is 0 Å². The van der Waals surface area contributed by atoms with Crippen molar-refractivity contribution in [2.75, 3.05) is 5.32 Å². The molecule has 2 aromatic rings. The Hall–Kier alpha value is -2.17. The number of halogens is 1. The summed E-state index contributed by atoms with van der Waals surface area (Å²) in [5.41, 5.74) is 0.177. The summed E-state index contributed by atoms with van der Waals surface area (Å²) in [6, 6.07) is 7.30. The molecule has 0 spiro atoms. The number of amides is 1. The van der Waals surface area contributed by atoms with Crippen molar-refractivity contribution in [3.63, 3.8) is 0 Å². The van der Waals surface area contributed by atoms with E-state index in [1.165, 1.54) is 16.8 Å². The zero-order valence-electron chi connectivity index (χ0n) is 9.30. The highest BCUT2D eigenvalue weighted by Gasteiger charge is 2.16. The number of aromatic nitrogens is 2. The predicted molar refractivity (Wildman–Crippen MR) is 62.0 cm³/mol. The summed E-state index contributed by atoms with van der Waals surface area (Å²) in [6.45, 7) is 1.70. The van der Waals surface area contributed by atoms with Gasteiger partial charge in [0, 0.05) is 12.4 Å². The molecule has 2 rings (SSSR count). The summed E-state index contributed by atoms with van der Waals surface area (Å²) >= 11 is 0. The van der Waals surface area contributed by atoms with Crippen molar-refractivity contribution < 1.29 is 9.18 Å². The molecule has 17 heavy (non-hydrogen) atoms. The number of para-hydroxylation sites is 1. The first-order valence-electron chi connectivity index (χ1n) is 5.23. The van der Waals surface area contributed by atoms with Crippen molar-refractivity contribution in [2.24, 2.45) is 0 Å². The second-order valence-corrected chi connectivity index (χ2v) is 3.63. The van der Waals surface area contributed by atoms with E-state index in [0.717, 1.165) is 0 Å². The van der Waals surface area contributed by atoms with Gasteiger partial charge in [0.1, 0.15) is 11.9 Å². The Labute approximate surface area is 98.1 Å². The van der Waals surface area contributed by atoms with E-state index in [1.54, 1.807) is 37.5 Å². The maximum absolute atomic E-state index is 13.3. The minimum Gasteiger partial charge on any atom is -0.322 e. The summed E-state index contributed by atoms with van der Waals surface area (Å²) in [7, 11) is 0. The SMILES string of the molecule is CC(C(=O)Nc1ccccc1F)n1cccn1. The van der Waals surface area contributed by atoms with E-state index in [4.69, 9.17) is 0 Å². The lowest BCUT2D eigenvalue weighted by Gasteiger charge is -2.12. The first-order chi connectivity index (χ1) is 8.18. The van der Waals surface area contributed by atoms with Crippen molar-refractivity contribution in [2.45, 2.75) is 13.0 Å². The summed E-state index contributed by atoms with van der Waals surface area (Å²) in [5, 5.41) is 6.49. The standard InChI is InChI=1S/C12H12FN3O/c1-9(16-8-4-7-14-16)12(17)15-11-6-3-2-5-10(11)13/h2-9H,1H3,(H,15,17). The van der Waals surface area contributed by atoms with Crippen molar-refractivity contribution in [3.8, 4) is 0 Å². The number of carbonyl (C=O) groups is 1. The number of benzene rings is 1. The number of rotatable bonds is 3. The lowest BCUT2D eigenvalue weighted by atomic mass is 10.2. The molecule has 0 saturated heterocycles. The number of nitrogens with one attached hydrogen (secondary N) is 1. The topological polar surface area (TPSA) is 46.9 Å². The minimum absolute atomic E-state index is 0.177. The fraction of sp³-hybridized carbons (Fsp3) is 0.167. The van der Waals surface area contributed by atoms with Gasteiger partial charge >= 0.3 is 0 Å². The van der Waals surface area contributed by atoms with Gasteiger partial charge in [0.05, 0.1) is 5.69 Å². The van der Waals surface area contributed by atoms with E-state index in [-0.39, 0.29) is 11.6 Å². The van der Waals surface area contributed by atoms with Crippen LogP contribution in [0.2, 0.25) is 0 Å². The van der Waals surface area contributed by atoms with E-state index >= 15 is 0 Å². The lowest BCUT2D eigenvalue weighted by Crippen LogP contribution is -2.24. The van der Waals surface area contributed by atoms with Gasteiger partial charge < -0.3 is 5.32 Å². The summed E-state index contributed by atoms with van der Waals surface area (Å²) in [6.07, 6.45) is 3.28. The first kappa shape index (κ1) is 11.3. The van der Waals surface area contributed by atoms with Crippen molar-refractivity contribution >= 4 is 11.6 Å². The second-order valence-electron chi connectivity index (χ2n) is 3.63. The van der Waals surface area contributed by atoms with Crippen LogP contribution in [0.5, 0.6) is 0 Å². The Morgan fingerprint density at radius 1 is 1.41 bits per heavy atom. The van der Waals surface area contributed by atoms with Crippen LogP contribution in [0.15, 0.2) is 42.7 Å².